The van der Waals surface area contributed by atoms with E-state index in [9.17, 15) is 24.9 Å². The summed E-state index contributed by atoms with van der Waals surface area (Å²) in [5, 5.41) is 32.3. The van der Waals surface area contributed by atoms with Crippen LogP contribution in [0.5, 0.6) is 0 Å². The number of Topliss-reactive ketones (excluding diaryl/α,β-unsaturated/α-hetero) is 1. The van der Waals surface area contributed by atoms with Crippen LogP contribution in [0.1, 0.15) is 137 Å². The first-order valence-corrected chi connectivity index (χ1v) is 23.3. The molecule has 55 heavy (non-hydrogen) atoms. The highest BCUT2D eigenvalue weighted by Crippen LogP contribution is 2.84. The summed E-state index contributed by atoms with van der Waals surface area (Å²) in [5.41, 5.74) is 1.29. The van der Waals surface area contributed by atoms with Gasteiger partial charge in [0.15, 0.2) is 18.4 Å². The molecule has 0 bridgehead atoms. The zero-order valence-corrected chi connectivity index (χ0v) is 33.8. The molecule has 2 spiro atoms. The summed E-state index contributed by atoms with van der Waals surface area (Å²) in [4.78, 5) is 24.4. The van der Waals surface area contributed by atoms with Crippen LogP contribution in [0.15, 0.2) is 11.6 Å². The Balaban J connectivity index is 0.000000117. The molecule has 23 atom stereocenters. The Morgan fingerprint density at radius 3 is 1.78 bits per heavy atom. The third-order valence-electron chi connectivity index (χ3n) is 22.7. The Morgan fingerprint density at radius 2 is 1.18 bits per heavy atom. The van der Waals surface area contributed by atoms with Gasteiger partial charge in [0.1, 0.15) is 5.78 Å². The third-order valence-corrected chi connectivity index (χ3v) is 22.7. The van der Waals surface area contributed by atoms with Gasteiger partial charge in [0.25, 0.3) is 0 Å². The van der Waals surface area contributed by atoms with Crippen LogP contribution in [0.2, 0.25) is 0 Å². The van der Waals surface area contributed by atoms with Crippen LogP contribution in [0.4, 0.5) is 0 Å². The van der Waals surface area contributed by atoms with E-state index in [4.69, 9.17) is 9.47 Å². The fourth-order valence-electron chi connectivity index (χ4n) is 20.3. The third kappa shape index (κ3) is 3.84. The van der Waals surface area contributed by atoms with Crippen molar-refractivity contribution in [3.05, 3.63) is 11.6 Å². The summed E-state index contributed by atoms with van der Waals surface area (Å²) in [6.45, 7) is 9.86. The molecule has 0 radical (unpaired) electrons. The molecule has 14 aliphatic rings. The molecule has 0 aromatic rings. The summed E-state index contributed by atoms with van der Waals surface area (Å²) in [7, 11) is 0. The van der Waals surface area contributed by atoms with Gasteiger partial charge in [-0.2, -0.15) is 0 Å². The lowest BCUT2D eigenvalue weighted by atomic mass is 9.42. The second-order valence-electron chi connectivity index (χ2n) is 23.9. The van der Waals surface area contributed by atoms with Crippen molar-refractivity contribution in [3.63, 3.8) is 0 Å². The van der Waals surface area contributed by atoms with Gasteiger partial charge in [-0.3, -0.25) is 9.59 Å². The monoisotopic (exact) mass is 754 g/mol. The Labute approximate surface area is 327 Å². The molecule has 3 N–H and O–H groups in total. The summed E-state index contributed by atoms with van der Waals surface area (Å²) in [6, 6.07) is 0. The van der Waals surface area contributed by atoms with Gasteiger partial charge in [0.2, 0.25) is 0 Å². The first-order chi connectivity index (χ1) is 26.1. The van der Waals surface area contributed by atoms with Gasteiger partial charge >= 0.3 is 0 Å². The molecule has 14 rings (SSSR count). The molecule has 16 unspecified atom stereocenters. The van der Waals surface area contributed by atoms with Gasteiger partial charge in [-0.15, -0.1) is 0 Å². The van der Waals surface area contributed by atoms with E-state index in [0.717, 1.165) is 99.7 Å². The highest BCUT2D eigenvalue weighted by atomic mass is 16.6. The van der Waals surface area contributed by atoms with E-state index >= 15 is 0 Å². The van der Waals surface area contributed by atoms with E-state index < -0.39 is 18.2 Å². The van der Waals surface area contributed by atoms with Crippen LogP contribution in [-0.4, -0.2) is 56.3 Å². The molecule has 11 saturated carbocycles. The van der Waals surface area contributed by atoms with E-state index in [1.54, 1.807) is 5.57 Å². The van der Waals surface area contributed by atoms with Crippen molar-refractivity contribution in [2.24, 2.45) is 105 Å². The predicted molar refractivity (Wildman–Crippen MR) is 202 cm³/mol. The number of fused-ring (bicyclic) bond motifs is 24. The molecule has 300 valence electrons. The van der Waals surface area contributed by atoms with Gasteiger partial charge in [-0.25, -0.2) is 0 Å². The lowest BCUT2D eigenvalue weighted by molar-refractivity contribution is -0.238. The number of aliphatic hydroxyl groups is 3. The van der Waals surface area contributed by atoms with Crippen molar-refractivity contribution in [1.29, 1.82) is 0 Å². The predicted octanol–water partition coefficient (Wildman–Crippen LogP) is 7.39. The Kier molecular flexibility index (Phi) is 6.46. The number of carbonyl (C=O) groups is 2. The Morgan fingerprint density at radius 1 is 0.600 bits per heavy atom. The van der Waals surface area contributed by atoms with Crippen molar-refractivity contribution < 1.29 is 34.4 Å². The molecule has 2 heterocycles. The van der Waals surface area contributed by atoms with Gasteiger partial charge in [0.05, 0.1) is 16.8 Å². The van der Waals surface area contributed by atoms with E-state index in [2.05, 4.69) is 33.8 Å². The minimum Gasteiger partial charge on any atom is -0.389 e. The fourth-order valence-corrected chi connectivity index (χ4v) is 20.3. The standard InChI is InChI=1S/C24H34O4.C24H32O3/c1-21-6-3-12(25)11-23(21,27)16-9-13(16)19-15(21)4-7-22(2)20(19)14-10-17(14)24(22)8-5-18(26)28-24;1-22-6-3-12(25)9-17(22)13-10-14(13)20-16(22)4-7-23(2)21(20)15-11-18(15)24(23)8-5-19(26)27-24/h13-20,26-27H,3-11H2,1-2H3;9,13-16,18-21,26H,3-8,10-11H2,1-2H3/t13?,14?,15?,16?,17?,18?,19?,20?,21-,22+,23-,24+;13?,14?,15?,16?,18?,19?,20?,21?,22-,23+,24+/m11/s1. The second-order valence-corrected chi connectivity index (χ2v) is 23.9. The summed E-state index contributed by atoms with van der Waals surface area (Å²) in [5.74, 6) is 10.4. The van der Waals surface area contributed by atoms with Crippen molar-refractivity contribution in [2.75, 3.05) is 0 Å². The highest BCUT2D eigenvalue weighted by Gasteiger charge is 2.83. The minimum absolute atomic E-state index is 0.0311. The van der Waals surface area contributed by atoms with Gasteiger partial charge in [-0.05, 0) is 171 Å². The smallest absolute Gasteiger partial charge is 0.155 e. The molecule has 2 saturated heterocycles. The first kappa shape index (κ1) is 34.7. The van der Waals surface area contributed by atoms with Crippen LogP contribution in [0, 0.1) is 105 Å². The molecular weight excluding hydrogens is 689 g/mol. The van der Waals surface area contributed by atoms with Crippen LogP contribution in [-0.2, 0) is 19.1 Å². The number of aliphatic hydroxyl groups excluding tert-OH is 2. The zero-order chi connectivity index (χ0) is 37.6. The number of ketones is 2. The van der Waals surface area contributed by atoms with E-state index in [1.807, 2.05) is 0 Å². The largest absolute Gasteiger partial charge is 0.389 e. The van der Waals surface area contributed by atoms with E-state index in [1.165, 1.54) is 32.1 Å². The van der Waals surface area contributed by atoms with Crippen molar-refractivity contribution >= 4 is 11.6 Å². The van der Waals surface area contributed by atoms with Crippen LogP contribution < -0.4 is 0 Å². The number of carbonyl (C=O) groups excluding carboxylic acids is 2. The lowest BCUT2D eigenvalue weighted by Gasteiger charge is -2.64. The maximum absolute atomic E-state index is 12.3. The normalized spacial score (nSPS) is 66.9. The second kappa shape index (κ2) is 10.2. The lowest BCUT2D eigenvalue weighted by Crippen LogP contribution is -2.65. The zero-order valence-electron chi connectivity index (χ0n) is 33.8. The number of hydrogen-bond acceptors (Lipinski definition) is 7. The van der Waals surface area contributed by atoms with Crippen LogP contribution in [0.3, 0.4) is 0 Å². The molecular formula is C48H66O7. The molecule has 2 aliphatic heterocycles. The van der Waals surface area contributed by atoms with Crippen LogP contribution >= 0.6 is 0 Å². The molecule has 7 nitrogen and oxygen atoms in total. The topological polar surface area (TPSA) is 113 Å². The molecule has 0 aromatic carbocycles. The maximum atomic E-state index is 12.3. The molecule has 13 fully saturated rings. The SMILES string of the molecule is C[C@]12CCC(=O)C=C1C1CC1C1C2CC[C@@]2(C)C1C1CC1[C@@]21CCC(O)O1.C[C@]12CCC3C(C4CC4[C@]4(O)CC(=O)CC[C@]34C)C1C1CC1[C@@]21CCC(O)O1. The van der Waals surface area contributed by atoms with Gasteiger partial charge in [-0.1, -0.05) is 33.3 Å². The summed E-state index contributed by atoms with van der Waals surface area (Å²) >= 11 is 0. The van der Waals surface area contributed by atoms with Crippen molar-refractivity contribution in [3.8, 4) is 0 Å². The van der Waals surface area contributed by atoms with Gasteiger partial charge < -0.3 is 24.8 Å². The maximum Gasteiger partial charge on any atom is 0.155 e. The van der Waals surface area contributed by atoms with Crippen molar-refractivity contribution in [1.82, 2.24) is 0 Å². The van der Waals surface area contributed by atoms with E-state index in [-0.39, 0.29) is 38.6 Å². The Hall–Kier alpha value is -1.12. The average Bonchev–Trinajstić information content (AvgIpc) is 4.00. The summed E-state index contributed by atoms with van der Waals surface area (Å²) < 4.78 is 12.8. The van der Waals surface area contributed by atoms with Gasteiger partial charge in [0, 0.05) is 48.3 Å². The first-order valence-electron chi connectivity index (χ1n) is 23.3. The van der Waals surface area contributed by atoms with E-state index in [0.29, 0.717) is 66.0 Å². The summed E-state index contributed by atoms with van der Waals surface area (Å²) in [6.07, 6.45) is 18.4. The highest BCUT2D eigenvalue weighted by molar-refractivity contribution is 5.92. The minimum atomic E-state index is -0.749. The van der Waals surface area contributed by atoms with Crippen molar-refractivity contribution in [2.45, 2.75) is 166 Å². The molecule has 0 amide bonds. The number of rotatable bonds is 0. The molecule has 0 aromatic heterocycles. The van der Waals surface area contributed by atoms with Crippen LogP contribution in [0.25, 0.3) is 0 Å². The quantitative estimate of drug-likeness (QED) is 0.237. The fraction of sp³-hybridized carbons (Fsp3) is 0.917. The Bertz CT molecular complexity index is 1830. The molecule has 7 heteroatoms. The number of hydrogen-bond donors (Lipinski definition) is 3. The number of allylic oxidation sites excluding steroid dienone is 1. The molecule has 12 aliphatic carbocycles. The average molecular weight is 755 g/mol. The number of ether oxygens (including phenoxy) is 2.